The average Bonchev–Trinajstić information content (AvgIpc) is 2.70. The van der Waals surface area contributed by atoms with Gasteiger partial charge in [0.15, 0.2) is 0 Å². The molecule has 0 aromatic carbocycles. The first-order valence-electron chi connectivity index (χ1n) is 4.64. The third kappa shape index (κ3) is 1.41. The molecule has 0 amide bonds. The fraction of sp³-hybridized carbons (Fsp3) is 1.00. The van der Waals surface area contributed by atoms with Gasteiger partial charge in [-0.15, -0.1) is 0 Å². The van der Waals surface area contributed by atoms with Crippen LogP contribution in [0.4, 0.5) is 4.39 Å². The maximum Gasteiger partial charge on any atom is 0.116 e. The summed E-state index contributed by atoms with van der Waals surface area (Å²) in [6.07, 6.45) is 1.97. The van der Waals surface area contributed by atoms with Gasteiger partial charge in [-0.05, 0) is 37.1 Å². The standard InChI is InChI=1S/C9H16FN/c1-6-4-11-5-8(10)9(6)7-2-3-7/h6-9,11H,2-5H2,1H3. The van der Waals surface area contributed by atoms with E-state index in [0.717, 1.165) is 12.5 Å². The van der Waals surface area contributed by atoms with Crippen LogP contribution in [0.5, 0.6) is 0 Å². The van der Waals surface area contributed by atoms with E-state index in [1.807, 2.05) is 0 Å². The predicted molar refractivity (Wildman–Crippen MR) is 43.1 cm³/mol. The Morgan fingerprint density at radius 2 is 2.00 bits per heavy atom. The van der Waals surface area contributed by atoms with Crippen molar-refractivity contribution in [2.75, 3.05) is 13.1 Å². The number of alkyl halides is 1. The van der Waals surface area contributed by atoms with E-state index in [1.165, 1.54) is 12.8 Å². The third-order valence-corrected chi connectivity index (χ3v) is 3.05. The second kappa shape index (κ2) is 2.74. The molecule has 2 fully saturated rings. The van der Waals surface area contributed by atoms with Gasteiger partial charge in [0.2, 0.25) is 0 Å². The minimum absolute atomic E-state index is 0.372. The normalized spacial score (nSPS) is 45.8. The van der Waals surface area contributed by atoms with Crippen molar-refractivity contribution in [2.45, 2.75) is 25.9 Å². The highest BCUT2D eigenvalue weighted by atomic mass is 19.1. The molecule has 1 aliphatic carbocycles. The Morgan fingerprint density at radius 3 is 2.55 bits per heavy atom. The molecule has 0 spiro atoms. The van der Waals surface area contributed by atoms with Crippen molar-refractivity contribution in [3.8, 4) is 0 Å². The first kappa shape index (κ1) is 7.53. The second-order valence-corrected chi connectivity index (χ2v) is 4.07. The second-order valence-electron chi connectivity index (χ2n) is 4.07. The summed E-state index contributed by atoms with van der Waals surface area (Å²) in [6, 6.07) is 0. The zero-order valence-corrected chi connectivity index (χ0v) is 7.02. The van der Waals surface area contributed by atoms with Gasteiger partial charge < -0.3 is 5.32 Å². The minimum atomic E-state index is -0.578. The molecule has 1 N–H and O–H groups in total. The third-order valence-electron chi connectivity index (χ3n) is 3.05. The molecule has 3 unspecified atom stereocenters. The fourth-order valence-electron chi connectivity index (χ4n) is 2.32. The molecule has 11 heavy (non-hydrogen) atoms. The van der Waals surface area contributed by atoms with Gasteiger partial charge in [-0.1, -0.05) is 6.92 Å². The summed E-state index contributed by atoms with van der Waals surface area (Å²) in [4.78, 5) is 0. The van der Waals surface area contributed by atoms with Crippen molar-refractivity contribution < 1.29 is 4.39 Å². The number of rotatable bonds is 1. The lowest BCUT2D eigenvalue weighted by Crippen LogP contribution is -2.44. The Bertz CT molecular complexity index is 134. The number of hydrogen-bond donors (Lipinski definition) is 1. The largest absolute Gasteiger partial charge is 0.314 e. The number of nitrogens with one attached hydrogen (secondary N) is 1. The topological polar surface area (TPSA) is 12.0 Å². The van der Waals surface area contributed by atoms with Crippen LogP contribution in [0.1, 0.15) is 19.8 Å². The van der Waals surface area contributed by atoms with Gasteiger partial charge in [0, 0.05) is 6.54 Å². The van der Waals surface area contributed by atoms with E-state index in [2.05, 4.69) is 12.2 Å². The lowest BCUT2D eigenvalue weighted by Gasteiger charge is -2.32. The molecule has 2 rings (SSSR count). The van der Waals surface area contributed by atoms with Gasteiger partial charge in [0.05, 0.1) is 0 Å². The smallest absolute Gasteiger partial charge is 0.116 e. The van der Waals surface area contributed by atoms with Crippen molar-refractivity contribution in [1.82, 2.24) is 5.32 Å². The average molecular weight is 157 g/mol. The van der Waals surface area contributed by atoms with Crippen molar-refractivity contribution in [3.63, 3.8) is 0 Å². The molecule has 2 heteroatoms. The lowest BCUT2D eigenvalue weighted by atomic mass is 9.83. The highest BCUT2D eigenvalue weighted by Gasteiger charge is 2.41. The van der Waals surface area contributed by atoms with E-state index in [-0.39, 0.29) is 0 Å². The first-order chi connectivity index (χ1) is 5.29. The molecule has 3 atom stereocenters. The van der Waals surface area contributed by atoms with Crippen LogP contribution in [0.25, 0.3) is 0 Å². The zero-order chi connectivity index (χ0) is 7.84. The van der Waals surface area contributed by atoms with Crippen LogP contribution < -0.4 is 5.32 Å². The molecule has 0 aromatic rings. The molecule has 1 aliphatic heterocycles. The Morgan fingerprint density at radius 1 is 1.27 bits per heavy atom. The van der Waals surface area contributed by atoms with Gasteiger partial charge in [0.25, 0.3) is 0 Å². The number of piperidine rings is 1. The molecule has 1 saturated carbocycles. The molecular weight excluding hydrogens is 141 g/mol. The molecule has 0 bridgehead atoms. The van der Waals surface area contributed by atoms with Crippen LogP contribution in [0.15, 0.2) is 0 Å². The number of hydrogen-bond acceptors (Lipinski definition) is 1. The maximum atomic E-state index is 13.3. The van der Waals surface area contributed by atoms with Crippen LogP contribution in [0.2, 0.25) is 0 Å². The van der Waals surface area contributed by atoms with Gasteiger partial charge >= 0.3 is 0 Å². The van der Waals surface area contributed by atoms with Gasteiger partial charge in [0.1, 0.15) is 6.17 Å². The Hall–Kier alpha value is -0.110. The summed E-state index contributed by atoms with van der Waals surface area (Å²) in [5, 5.41) is 3.12. The Kier molecular flexibility index (Phi) is 1.88. The number of halogens is 1. The van der Waals surface area contributed by atoms with E-state index < -0.39 is 6.17 Å². The maximum absolute atomic E-state index is 13.3. The minimum Gasteiger partial charge on any atom is -0.314 e. The lowest BCUT2D eigenvalue weighted by molar-refractivity contribution is 0.113. The van der Waals surface area contributed by atoms with Crippen LogP contribution in [0.3, 0.4) is 0 Å². The molecule has 1 nitrogen and oxygen atoms in total. The van der Waals surface area contributed by atoms with E-state index in [1.54, 1.807) is 0 Å². The summed E-state index contributed by atoms with van der Waals surface area (Å²) in [5.41, 5.74) is 0. The molecule has 2 aliphatic rings. The van der Waals surface area contributed by atoms with Gasteiger partial charge in [-0.25, -0.2) is 4.39 Å². The summed E-state index contributed by atoms with van der Waals surface area (Å²) in [6.45, 7) is 3.77. The Balaban J connectivity index is 1.99. The SMILES string of the molecule is CC1CNCC(F)C1C1CC1. The first-order valence-corrected chi connectivity index (χ1v) is 4.64. The van der Waals surface area contributed by atoms with E-state index in [0.29, 0.717) is 18.4 Å². The van der Waals surface area contributed by atoms with Crippen LogP contribution in [-0.2, 0) is 0 Å². The zero-order valence-electron chi connectivity index (χ0n) is 7.02. The van der Waals surface area contributed by atoms with E-state index in [9.17, 15) is 4.39 Å². The highest BCUT2D eigenvalue weighted by Crippen LogP contribution is 2.43. The van der Waals surface area contributed by atoms with Crippen LogP contribution in [0, 0.1) is 17.8 Å². The van der Waals surface area contributed by atoms with E-state index >= 15 is 0 Å². The molecule has 1 saturated heterocycles. The molecular formula is C9H16FN. The quantitative estimate of drug-likeness (QED) is 0.609. The van der Waals surface area contributed by atoms with Gasteiger partial charge in [-0.3, -0.25) is 0 Å². The Labute approximate surface area is 67.4 Å². The summed E-state index contributed by atoms with van der Waals surface area (Å²) < 4.78 is 13.3. The van der Waals surface area contributed by atoms with Crippen molar-refractivity contribution in [2.24, 2.45) is 17.8 Å². The van der Waals surface area contributed by atoms with Crippen molar-refractivity contribution in [3.05, 3.63) is 0 Å². The van der Waals surface area contributed by atoms with Crippen LogP contribution in [-0.4, -0.2) is 19.3 Å². The van der Waals surface area contributed by atoms with Gasteiger partial charge in [-0.2, -0.15) is 0 Å². The van der Waals surface area contributed by atoms with Crippen LogP contribution >= 0.6 is 0 Å². The summed E-state index contributed by atoms with van der Waals surface area (Å²) in [7, 11) is 0. The van der Waals surface area contributed by atoms with Crippen molar-refractivity contribution in [1.29, 1.82) is 0 Å². The van der Waals surface area contributed by atoms with E-state index in [4.69, 9.17) is 0 Å². The van der Waals surface area contributed by atoms with Crippen molar-refractivity contribution >= 4 is 0 Å². The molecule has 1 heterocycles. The monoisotopic (exact) mass is 157 g/mol. The molecule has 64 valence electrons. The summed E-state index contributed by atoms with van der Waals surface area (Å²) in [5.74, 6) is 1.64. The fourth-order valence-corrected chi connectivity index (χ4v) is 2.32. The molecule has 0 radical (unpaired) electrons. The molecule has 0 aromatic heterocycles. The predicted octanol–water partition coefficient (Wildman–Crippen LogP) is 1.59. The highest BCUT2D eigenvalue weighted by molar-refractivity contribution is 4.92. The summed E-state index contributed by atoms with van der Waals surface area (Å²) >= 11 is 0.